The second kappa shape index (κ2) is 8.93. The van der Waals surface area contributed by atoms with Gasteiger partial charge in [0.1, 0.15) is 0 Å². The van der Waals surface area contributed by atoms with Gasteiger partial charge in [0.05, 0.1) is 0 Å². The fourth-order valence-corrected chi connectivity index (χ4v) is 4.93. The fourth-order valence-electron chi connectivity index (χ4n) is 3.78. The molecule has 0 radical (unpaired) electrons. The highest BCUT2D eigenvalue weighted by molar-refractivity contribution is 7.99. The van der Waals surface area contributed by atoms with Gasteiger partial charge >= 0.3 is 6.03 Å². The fraction of sp³-hybridized carbons (Fsp3) is 0.318. The van der Waals surface area contributed by atoms with Crippen LogP contribution in [0.25, 0.3) is 10.9 Å². The Kier molecular flexibility index (Phi) is 6.13. The topological polar surface area (TPSA) is 48.1 Å². The van der Waals surface area contributed by atoms with Gasteiger partial charge in [0.15, 0.2) is 0 Å². The minimum atomic E-state index is -0.0184. The Morgan fingerprint density at radius 1 is 1.11 bits per heavy atom. The number of hydrogen-bond acceptors (Lipinski definition) is 2. The largest absolute Gasteiger partial charge is 0.361 e. The maximum atomic E-state index is 12.8. The van der Waals surface area contributed by atoms with Crippen LogP contribution >= 0.6 is 23.4 Å². The van der Waals surface area contributed by atoms with E-state index in [1.807, 2.05) is 59.3 Å². The molecule has 28 heavy (non-hydrogen) atoms. The number of nitrogens with zero attached hydrogens (tertiary/aromatic N) is 1. The van der Waals surface area contributed by atoms with Crippen molar-refractivity contribution >= 4 is 40.3 Å². The highest BCUT2D eigenvalue weighted by Gasteiger charge is 2.23. The third-order valence-electron chi connectivity index (χ3n) is 5.24. The van der Waals surface area contributed by atoms with Gasteiger partial charge in [-0.05, 0) is 35.4 Å². The van der Waals surface area contributed by atoms with Crippen molar-refractivity contribution in [3.8, 4) is 0 Å². The molecular weight excluding hydrogens is 390 g/mol. The summed E-state index contributed by atoms with van der Waals surface area (Å²) >= 11 is 8.45. The van der Waals surface area contributed by atoms with Gasteiger partial charge in [0, 0.05) is 53.4 Å². The zero-order chi connectivity index (χ0) is 19.3. The molecule has 4 nitrogen and oxygen atoms in total. The molecule has 1 aromatic heterocycles. The zero-order valence-corrected chi connectivity index (χ0v) is 17.2. The van der Waals surface area contributed by atoms with Crippen molar-refractivity contribution < 1.29 is 4.79 Å². The van der Waals surface area contributed by atoms with Crippen LogP contribution in [0.5, 0.6) is 0 Å². The van der Waals surface area contributed by atoms with Gasteiger partial charge in [-0.25, -0.2) is 4.79 Å². The van der Waals surface area contributed by atoms with Gasteiger partial charge in [0.25, 0.3) is 0 Å². The second-order valence-corrected chi connectivity index (χ2v) is 8.63. The smallest absolute Gasteiger partial charge is 0.317 e. The van der Waals surface area contributed by atoms with Gasteiger partial charge < -0.3 is 15.2 Å². The number of benzene rings is 2. The van der Waals surface area contributed by atoms with Gasteiger partial charge in [-0.3, -0.25) is 0 Å². The van der Waals surface area contributed by atoms with Crippen LogP contribution in [0, 0.1) is 0 Å². The summed E-state index contributed by atoms with van der Waals surface area (Å²) in [6, 6.07) is 16.1. The third kappa shape index (κ3) is 4.15. The molecule has 0 bridgehead atoms. The van der Waals surface area contributed by atoms with Gasteiger partial charge in [-0.2, -0.15) is 11.8 Å². The Hall–Kier alpha value is -2.11. The molecule has 4 rings (SSSR count). The van der Waals surface area contributed by atoms with E-state index >= 15 is 0 Å². The van der Waals surface area contributed by atoms with Crippen LogP contribution in [0.15, 0.2) is 54.7 Å². The number of amides is 2. The third-order valence-corrected chi connectivity index (χ3v) is 6.64. The number of thioether (sulfide) groups is 1. The van der Waals surface area contributed by atoms with E-state index in [2.05, 4.69) is 22.4 Å². The maximum absolute atomic E-state index is 12.8. The number of aromatic nitrogens is 1. The first-order chi connectivity index (χ1) is 13.7. The second-order valence-electron chi connectivity index (χ2n) is 7.00. The van der Waals surface area contributed by atoms with Gasteiger partial charge in [-0.15, -0.1) is 0 Å². The Morgan fingerprint density at radius 3 is 2.82 bits per heavy atom. The summed E-state index contributed by atoms with van der Waals surface area (Å²) in [5.74, 6) is 2.11. The van der Waals surface area contributed by atoms with Crippen molar-refractivity contribution in [2.24, 2.45) is 0 Å². The first kappa shape index (κ1) is 19.2. The molecule has 2 N–H and O–H groups in total. The standard InChI is InChI=1S/C22H24ClN3OS/c23-20-8-3-1-6-16(20)18(19-14-24-21-9-4-2-7-17(19)21)15-25-22(27)26-10-5-12-28-13-11-26/h1-4,6-9,14,18,24H,5,10-13,15H2,(H,25,27). The molecule has 2 amide bonds. The summed E-state index contributed by atoms with van der Waals surface area (Å²) in [5.41, 5.74) is 3.27. The van der Waals surface area contributed by atoms with Crippen molar-refractivity contribution in [2.45, 2.75) is 12.3 Å². The molecule has 1 saturated heterocycles. The molecule has 2 heterocycles. The molecule has 146 valence electrons. The highest BCUT2D eigenvalue weighted by Crippen LogP contribution is 2.34. The Labute approximate surface area is 174 Å². The summed E-state index contributed by atoms with van der Waals surface area (Å²) in [6.07, 6.45) is 3.09. The summed E-state index contributed by atoms with van der Waals surface area (Å²) < 4.78 is 0. The SMILES string of the molecule is O=C(NCC(c1ccccc1Cl)c1c[nH]c2ccccc12)N1CCCSCC1. The number of para-hydroxylation sites is 1. The highest BCUT2D eigenvalue weighted by atomic mass is 35.5. The number of urea groups is 1. The van der Waals surface area contributed by atoms with E-state index in [1.165, 1.54) is 0 Å². The van der Waals surface area contributed by atoms with Crippen molar-refractivity contribution in [1.82, 2.24) is 15.2 Å². The number of rotatable bonds is 4. The van der Waals surface area contributed by atoms with Crippen LogP contribution in [0.3, 0.4) is 0 Å². The molecular formula is C22H24ClN3OS. The molecule has 2 aromatic carbocycles. The average molecular weight is 414 g/mol. The lowest BCUT2D eigenvalue weighted by atomic mass is 9.91. The molecule has 0 aliphatic carbocycles. The minimum Gasteiger partial charge on any atom is -0.361 e. The molecule has 1 atom stereocenters. The van der Waals surface area contributed by atoms with Crippen LogP contribution < -0.4 is 5.32 Å². The Morgan fingerprint density at radius 2 is 1.93 bits per heavy atom. The van der Waals surface area contributed by atoms with Gasteiger partial charge in [0.2, 0.25) is 0 Å². The van der Waals surface area contributed by atoms with Crippen LogP contribution in [0.4, 0.5) is 4.79 Å². The van der Waals surface area contributed by atoms with Crippen molar-refractivity contribution in [3.05, 3.63) is 70.9 Å². The van der Waals surface area contributed by atoms with Crippen molar-refractivity contribution in [2.75, 3.05) is 31.1 Å². The van der Waals surface area contributed by atoms with E-state index in [-0.39, 0.29) is 11.9 Å². The number of carbonyl (C=O) groups is 1. The lowest BCUT2D eigenvalue weighted by Gasteiger charge is -2.24. The molecule has 0 saturated carbocycles. The minimum absolute atomic E-state index is 0.0133. The summed E-state index contributed by atoms with van der Waals surface area (Å²) in [5, 5.41) is 5.04. The lowest BCUT2D eigenvalue weighted by Crippen LogP contribution is -2.42. The van der Waals surface area contributed by atoms with Crippen LogP contribution in [0.1, 0.15) is 23.5 Å². The monoisotopic (exact) mass is 413 g/mol. The Balaban J connectivity index is 1.60. The summed E-state index contributed by atoms with van der Waals surface area (Å²) in [7, 11) is 0. The number of carbonyl (C=O) groups excluding carboxylic acids is 1. The van der Waals surface area contributed by atoms with Crippen molar-refractivity contribution in [1.29, 1.82) is 0 Å². The molecule has 1 aliphatic rings. The van der Waals surface area contributed by atoms with Crippen LogP contribution in [0.2, 0.25) is 5.02 Å². The van der Waals surface area contributed by atoms with E-state index < -0.39 is 0 Å². The summed E-state index contributed by atoms with van der Waals surface area (Å²) in [4.78, 5) is 18.0. The first-order valence-corrected chi connectivity index (χ1v) is 11.2. The molecule has 1 unspecified atom stereocenters. The lowest BCUT2D eigenvalue weighted by molar-refractivity contribution is 0.201. The number of hydrogen-bond donors (Lipinski definition) is 2. The van der Waals surface area contributed by atoms with E-state index in [0.29, 0.717) is 6.54 Å². The first-order valence-electron chi connectivity index (χ1n) is 9.65. The normalized spacial score (nSPS) is 16.0. The van der Waals surface area contributed by atoms with E-state index in [9.17, 15) is 4.79 Å². The van der Waals surface area contributed by atoms with Crippen molar-refractivity contribution in [3.63, 3.8) is 0 Å². The van der Waals surface area contributed by atoms with Crippen LogP contribution in [-0.2, 0) is 0 Å². The molecule has 1 aliphatic heterocycles. The predicted molar refractivity (Wildman–Crippen MR) is 119 cm³/mol. The molecule has 6 heteroatoms. The summed E-state index contributed by atoms with van der Waals surface area (Å²) in [6.45, 7) is 2.14. The van der Waals surface area contributed by atoms with Gasteiger partial charge in [-0.1, -0.05) is 48.0 Å². The number of fused-ring (bicyclic) bond motifs is 1. The zero-order valence-electron chi connectivity index (χ0n) is 15.7. The number of nitrogens with one attached hydrogen (secondary N) is 2. The van der Waals surface area contributed by atoms with Crippen LogP contribution in [-0.4, -0.2) is 47.1 Å². The van der Waals surface area contributed by atoms with E-state index in [4.69, 9.17) is 11.6 Å². The molecule has 0 spiro atoms. The molecule has 3 aromatic rings. The maximum Gasteiger partial charge on any atom is 0.317 e. The van der Waals surface area contributed by atoms with E-state index in [1.54, 1.807) is 0 Å². The average Bonchev–Trinajstić information content (AvgIpc) is 2.95. The molecule has 1 fully saturated rings. The predicted octanol–water partition coefficient (Wildman–Crippen LogP) is 5.10. The Bertz CT molecular complexity index is 950. The number of H-pyrrole nitrogens is 1. The number of halogens is 1. The van der Waals surface area contributed by atoms with E-state index in [0.717, 1.165) is 58.1 Å². The quantitative estimate of drug-likeness (QED) is 0.625. The number of aromatic amines is 1.